The van der Waals surface area contributed by atoms with Gasteiger partial charge in [0.25, 0.3) is 11.5 Å². The number of thiophene rings is 1. The minimum atomic E-state index is -0.133. The molecule has 0 unspecified atom stereocenters. The molecule has 0 fully saturated rings. The maximum Gasteiger partial charge on any atom is 0.262 e. The van der Waals surface area contributed by atoms with Crippen LogP contribution in [0.1, 0.15) is 27.5 Å². The molecular formula is C16H17N5O2S. The zero-order valence-corrected chi connectivity index (χ0v) is 14.3. The molecule has 7 nitrogen and oxygen atoms in total. The average Bonchev–Trinajstić information content (AvgIpc) is 3.15. The van der Waals surface area contributed by atoms with E-state index in [2.05, 4.69) is 19.9 Å². The van der Waals surface area contributed by atoms with Crippen LogP contribution in [0, 0.1) is 6.92 Å². The molecule has 3 aromatic heterocycles. The molecule has 124 valence electrons. The van der Waals surface area contributed by atoms with Gasteiger partial charge in [0, 0.05) is 38.4 Å². The van der Waals surface area contributed by atoms with Crippen molar-refractivity contribution in [2.75, 3.05) is 0 Å². The second-order valence-corrected chi connectivity index (χ2v) is 7.10. The minimum absolute atomic E-state index is 0.0691. The van der Waals surface area contributed by atoms with Crippen LogP contribution in [-0.2, 0) is 20.0 Å². The van der Waals surface area contributed by atoms with Crippen LogP contribution < -0.4 is 10.9 Å². The number of fused-ring (bicyclic) bond motifs is 2. The van der Waals surface area contributed by atoms with Gasteiger partial charge in [0.1, 0.15) is 10.7 Å². The number of hydrogen-bond donors (Lipinski definition) is 1. The Bertz CT molecular complexity index is 1000. The minimum Gasteiger partial charge on any atom is -0.347 e. The third-order valence-corrected chi connectivity index (χ3v) is 5.69. The van der Waals surface area contributed by atoms with Crippen molar-refractivity contribution in [3.05, 3.63) is 45.3 Å². The normalized spacial score (nSPS) is 17.0. The Labute approximate surface area is 142 Å². The molecule has 0 aromatic carbocycles. The van der Waals surface area contributed by atoms with Gasteiger partial charge in [-0.05, 0) is 18.9 Å². The molecule has 4 heterocycles. The largest absolute Gasteiger partial charge is 0.347 e. The van der Waals surface area contributed by atoms with Gasteiger partial charge in [0.2, 0.25) is 0 Å². The fraction of sp³-hybridized carbons (Fsp3) is 0.375. The van der Waals surface area contributed by atoms with E-state index in [0.717, 1.165) is 25.2 Å². The Morgan fingerprint density at radius 1 is 1.42 bits per heavy atom. The first-order chi connectivity index (χ1) is 11.5. The zero-order valence-electron chi connectivity index (χ0n) is 13.4. The number of aromatic nitrogens is 4. The van der Waals surface area contributed by atoms with Crippen molar-refractivity contribution in [2.45, 2.75) is 32.4 Å². The van der Waals surface area contributed by atoms with E-state index < -0.39 is 0 Å². The quantitative estimate of drug-likeness (QED) is 0.759. The van der Waals surface area contributed by atoms with Gasteiger partial charge in [0.15, 0.2) is 0 Å². The highest BCUT2D eigenvalue weighted by Gasteiger charge is 2.24. The second-order valence-electron chi connectivity index (χ2n) is 6.10. The predicted octanol–water partition coefficient (Wildman–Crippen LogP) is 1.24. The summed E-state index contributed by atoms with van der Waals surface area (Å²) in [5.41, 5.74) is 0.592. The number of aryl methyl sites for hydroxylation is 3. The Morgan fingerprint density at radius 3 is 3.08 bits per heavy atom. The molecule has 1 atom stereocenters. The zero-order chi connectivity index (χ0) is 16.8. The van der Waals surface area contributed by atoms with Crippen LogP contribution in [0.25, 0.3) is 10.2 Å². The summed E-state index contributed by atoms with van der Waals surface area (Å²) in [6.07, 6.45) is 6.94. The summed E-state index contributed by atoms with van der Waals surface area (Å²) in [6, 6.07) is 0.0691. The first-order valence-corrected chi connectivity index (χ1v) is 8.62. The Balaban J connectivity index is 1.61. The summed E-state index contributed by atoms with van der Waals surface area (Å²) in [5.74, 6) is 0.928. The number of hydrogen-bond acceptors (Lipinski definition) is 5. The number of nitrogens with zero attached hydrogens (tertiary/aromatic N) is 4. The number of amides is 1. The van der Waals surface area contributed by atoms with Gasteiger partial charge in [-0.2, -0.15) is 0 Å². The highest BCUT2D eigenvalue weighted by Crippen LogP contribution is 2.27. The number of rotatable bonds is 2. The molecule has 1 aliphatic heterocycles. The van der Waals surface area contributed by atoms with Crippen molar-refractivity contribution in [1.29, 1.82) is 0 Å². The molecule has 0 radical (unpaired) electrons. The summed E-state index contributed by atoms with van der Waals surface area (Å²) >= 11 is 1.28. The van der Waals surface area contributed by atoms with E-state index in [0.29, 0.717) is 20.7 Å². The number of imidazole rings is 1. The summed E-state index contributed by atoms with van der Waals surface area (Å²) in [4.78, 5) is 34.7. The third-order valence-electron chi connectivity index (χ3n) is 4.49. The molecule has 0 saturated carbocycles. The molecule has 0 bridgehead atoms. The third kappa shape index (κ3) is 2.34. The van der Waals surface area contributed by atoms with E-state index in [1.54, 1.807) is 13.2 Å². The number of carbonyl (C=O) groups excluding carboxylic acids is 1. The monoisotopic (exact) mass is 343 g/mol. The van der Waals surface area contributed by atoms with Crippen molar-refractivity contribution >= 4 is 27.5 Å². The predicted molar refractivity (Wildman–Crippen MR) is 91.4 cm³/mol. The van der Waals surface area contributed by atoms with E-state index in [9.17, 15) is 9.59 Å². The smallest absolute Gasteiger partial charge is 0.262 e. The van der Waals surface area contributed by atoms with Crippen molar-refractivity contribution in [3.63, 3.8) is 0 Å². The molecule has 24 heavy (non-hydrogen) atoms. The Kier molecular flexibility index (Phi) is 3.49. The molecule has 1 N–H and O–H groups in total. The van der Waals surface area contributed by atoms with E-state index in [1.165, 1.54) is 22.2 Å². The van der Waals surface area contributed by atoms with Crippen molar-refractivity contribution in [3.8, 4) is 0 Å². The lowest BCUT2D eigenvalue weighted by Gasteiger charge is -2.24. The van der Waals surface area contributed by atoms with Gasteiger partial charge in [-0.25, -0.2) is 9.97 Å². The molecule has 0 spiro atoms. The van der Waals surface area contributed by atoms with Crippen LogP contribution in [0.15, 0.2) is 23.5 Å². The molecule has 1 amide bonds. The molecule has 1 aliphatic rings. The molecule has 8 heteroatoms. The maximum absolute atomic E-state index is 12.7. The second kappa shape index (κ2) is 5.55. The average molecular weight is 343 g/mol. The van der Waals surface area contributed by atoms with Crippen LogP contribution in [0.2, 0.25) is 0 Å². The lowest BCUT2D eigenvalue weighted by molar-refractivity contribution is 0.0931. The molecular weight excluding hydrogens is 326 g/mol. The summed E-state index contributed by atoms with van der Waals surface area (Å²) in [7, 11) is 1.66. The summed E-state index contributed by atoms with van der Waals surface area (Å²) < 4.78 is 3.51. The fourth-order valence-electron chi connectivity index (χ4n) is 3.16. The van der Waals surface area contributed by atoms with Crippen LogP contribution in [0.4, 0.5) is 0 Å². The first kappa shape index (κ1) is 15.1. The topological polar surface area (TPSA) is 81.8 Å². The number of nitrogens with one attached hydrogen (secondary N) is 1. The van der Waals surface area contributed by atoms with Gasteiger partial charge in [0.05, 0.1) is 16.6 Å². The Morgan fingerprint density at radius 2 is 2.25 bits per heavy atom. The molecule has 0 aliphatic carbocycles. The molecule has 4 rings (SSSR count). The van der Waals surface area contributed by atoms with Crippen LogP contribution >= 0.6 is 11.3 Å². The van der Waals surface area contributed by atoms with Gasteiger partial charge < -0.3 is 14.5 Å². The lowest BCUT2D eigenvalue weighted by atomic mass is 10.1. The van der Waals surface area contributed by atoms with Gasteiger partial charge in [-0.15, -0.1) is 11.3 Å². The van der Waals surface area contributed by atoms with E-state index in [1.807, 2.05) is 13.1 Å². The van der Waals surface area contributed by atoms with Crippen molar-refractivity contribution in [1.82, 2.24) is 24.4 Å². The fourth-order valence-corrected chi connectivity index (χ4v) is 4.20. The number of carbonyl (C=O) groups is 1. The highest BCUT2D eigenvalue weighted by molar-refractivity contribution is 7.20. The van der Waals surface area contributed by atoms with Crippen molar-refractivity contribution < 1.29 is 4.79 Å². The van der Waals surface area contributed by atoms with E-state index >= 15 is 0 Å². The van der Waals surface area contributed by atoms with Crippen LogP contribution in [0.3, 0.4) is 0 Å². The maximum atomic E-state index is 12.7. The molecule has 0 saturated heterocycles. The highest BCUT2D eigenvalue weighted by atomic mass is 32.1. The summed E-state index contributed by atoms with van der Waals surface area (Å²) in [6.45, 7) is 2.54. The van der Waals surface area contributed by atoms with E-state index in [4.69, 9.17) is 0 Å². The van der Waals surface area contributed by atoms with Gasteiger partial charge in [-0.3, -0.25) is 9.59 Å². The first-order valence-electron chi connectivity index (χ1n) is 7.80. The van der Waals surface area contributed by atoms with Crippen molar-refractivity contribution in [2.24, 2.45) is 7.05 Å². The standard InChI is InChI=1S/C16H17N5O2S/c1-9-12-15(18-8-20(2)16(12)23)24-13(9)14(22)19-10-3-4-11-17-5-6-21(11)7-10/h5-6,8,10H,3-4,7H2,1-2H3,(H,19,22)/t10-/m0/s1. The summed E-state index contributed by atoms with van der Waals surface area (Å²) in [5, 5.41) is 3.63. The lowest BCUT2D eigenvalue weighted by Crippen LogP contribution is -2.40. The molecule has 3 aromatic rings. The van der Waals surface area contributed by atoms with E-state index in [-0.39, 0.29) is 17.5 Å². The van der Waals surface area contributed by atoms with Crippen LogP contribution in [0.5, 0.6) is 0 Å². The van der Waals surface area contributed by atoms with Gasteiger partial charge in [-0.1, -0.05) is 0 Å². The van der Waals surface area contributed by atoms with Gasteiger partial charge >= 0.3 is 0 Å². The Hall–Kier alpha value is -2.48. The SMILES string of the molecule is Cc1c(C(=O)N[C@H]2CCc3nccn3C2)sc2ncn(C)c(=O)c12. The van der Waals surface area contributed by atoms with Crippen LogP contribution in [-0.4, -0.2) is 31.1 Å².